The van der Waals surface area contributed by atoms with Crippen molar-refractivity contribution < 1.29 is 9.53 Å². The summed E-state index contributed by atoms with van der Waals surface area (Å²) in [6, 6.07) is 0. The van der Waals surface area contributed by atoms with E-state index in [9.17, 15) is 4.79 Å². The van der Waals surface area contributed by atoms with Gasteiger partial charge in [0.25, 0.3) is 5.91 Å². The molecule has 16 heavy (non-hydrogen) atoms. The van der Waals surface area contributed by atoms with E-state index in [0.29, 0.717) is 19.1 Å². The molecule has 1 saturated heterocycles. The van der Waals surface area contributed by atoms with E-state index < -0.39 is 0 Å². The highest BCUT2D eigenvalue weighted by Gasteiger charge is 2.16. The first-order valence-corrected chi connectivity index (χ1v) is 5.29. The maximum Gasteiger partial charge on any atom is 0.288 e. The van der Waals surface area contributed by atoms with E-state index >= 15 is 0 Å². The highest BCUT2D eigenvalue weighted by Crippen LogP contribution is 2.12. The molecule has 1 unspecified atom stereocenters. The number of carbonyl (C=O) groups is 1. The molecule has 0 spiro atoms. The third-order valence-electron chi connectivity index (χ3n) is 2.52. The van der Waals surface area contributed by atoms with Crippen LogP contribution >= 0.6 is 0 Å². The molecule has 2 rings (SSSR count). The average molecular weight is 225 g/mol. The summed E-state index contributed by atoms with van der Waals surface area (Å²) in [5.41, 5.74) is 5.30. The summed E-state index contributed by atoms with van der Waals surface area (Å²) in [4.78, 5) is 15.3. The molecule has 1 aromatic heterocycles. The van der Waals surface area contributed by atoms with Crippen LogP contribution in [0.3, 0.4) is 0 Å². The van der Waals surface area contributed by atoms with Crippen molar-refractivity contribution in [2.75, 3.05) is 25.5 Å². The normalized spacial score (nSPS) is 20.6. The van der Waals surface area contributed by atoms with Crippen LogP contribution in [0.25, 0.3) is 0 Å². The van der Waals surface area contributed by atoms with Gasteiger partial charge in [0.15, 0.2) is 0 Å². The third-order valence-corrected chi connectivity index (χ3v) is 2.52. The molecule has 4 N–H and O–H groups in total. The Bertz CT molecular complexity index is 359. The minimum Gasteiger partial charge on any atom is -0.381 e. The Morgan fingerprint density at radius 1 is 1.69 bits per heavy atom. The lowest BCUT2D eigenvalue weighted by Gasteiger charge is -2.21. The van der Waals surface area contributed by atoms with Gasteiger partial charge >= 0.3 is 0 Å². The summed E-state index contributed by atoms with van der Waals surface area (Å²) in [6.45, 7) is 2.13. The largest absolute Gasteiger partial charge is 0.381 e. The zero-order valence-corrected chi connectivity index (χ0v) is 8.90. The molecule has 2 heterocycles. The smallest absolute Gasteiger partial charge is 0.288 e. The SMILES string of the molecule is Nc1n[nH]c(C(=O)NCC2CCCOC2)n1. The number of hydrogen-bond acceptors (Lipinski definition) is 5. The Hall–Kier alpha value is -1.63. The topological polar surface area (TPSA) is 106 Å². The number of hydrogen-bond donors (Lipinski definition) is 3. The first-order chi connectivity index (χ1) is 7.75. The van der Waals surface area contributed by atoms with Crippen LogP contribution in [-0.4, -0.2) is 40.8 Å². The second kappa shape index (κ2) is 4.93. The summed E-state index contributed by atoms with van der Waals surface area (Å²) >= 11 is 0. The molecular formula is C9H15N5O2. The Balaban J connectivity index is 1.79. The molecule has 0 aromatic carbocycles. The van der Waals surface area contributed by atoms with Crippen LogP contribution in [0.1, 0.15) is 23.5 Å². The van der Waals surface area contributed by atoms with Crippen LogP contribution in [0.2, 0.25) is 0 Å². The van der Waals surface area contributed by atoms with Gasteiger partial charge in [-0.25, -0.2) is 0 Å². The lowest BCUT2D eigenvalue weighted by atomic mass is 10.0. The van der Waals surface area contributed by atoms with E-state index in [0.717, 1.165) is 19.4 Å². The number of nitrogens with one attached hydrogen (secondary N) is 2. The molecule has 1 aliphatic heterocycles. The van der Waals surface area contributed by atoms with Gasteiger partial charge in [-0.15, -0.1) is 5.10 Å². The zero-order valence-electron chi connectivity index (χ0n) is 8.90. The van der Waals surface area contributed by atoms with Gasteiger partial charge in [-0.05, 0) is 18.8 Å². The second-order valence-electron chi connectivity index (χ2n) is 3.84. The van der Waals surface area contributed by atoms with Gasteiger partial charge in [0.05, 0.1) is 6.61 Å². The molecule has 88 valence electrons. The van der Waals surface area contributed by atoms with E-state index in [-0.39, 0.29) is 17.7 Å². The lowest BCUT2D eigenvalue weighted by Crippen LogP contribution is -2.33. The minimum absolute atomic E-state index is 0.0751. The van der Waals surface area contributed by atoms with E-state index in [4.69, 9.17) is 10.5 Å². The molecule has 0 saturated carbocycles. The van der Waals surface area contributed by atoms with Crippen molar-refractivity contribution in [3.63, 3.8) is 0 Å². The second-order valence-corrected chi connectivity index (χ2v) is 3.84. The predicted molar refractivity (Wildman–Crippen MR) is 56.7 cm³/mol. The number of nitrogens with zero attached hydrogens (tertiary/aromatic N) is 2. The maximum absolute atomic E-state index is 11.6. The van der Waals surface area contributed by atoms with Gasteiger partial charge in [0.1, 0.15) is 0 Å². The van der Waals surface area contributed by atoms with Crippen LogP contribution in [0.4, 0.5) is 5.95 Å². The standard InChI is InChI=1S/C9H15N5O2/c10-9-12-7(13-14-9)8(15)11-4-6-2-1-3-16-5-6/h6H,1-5H2,(H,11,15)(H3,10,12,13,14). The molecule has 1 fully saturated rings. The third kappa shape index (κ3) is 2.69. The van der Waals surface area contributed by atoms with Crippen LogP contribution in [0.15, 0.2) is 0 Å². The van der Waals surface area contributed by atoms with Crippen LogP contribution < -0.4 is 11.1 Å². The number of aromatic amines is 1. The maximum atomic E-state index is 11.6. The Morgan fingerprint density at radius 2 is 2.56 bits per heavy atom. The van der Waals surface area contributed by atoms with E-state index in [1.54, 1.807) is 0 Å². The van der Waals surface area contributed by atoms with Crippen molar-refractivity contribution in [3.05, 3.63) is 5.82 Å². The van der Waals surface area contributed by atoms with Gasteiger partial charge in [-0.1, -0.05) is 0 Å². The summed E-state index contributed by atoms with van der Waals surface area (Å²) in [6.07, 6.45) is 2.13. The van der Waals surface area contributed by atoms with Gasteiger partial charge in [0.2, 0.25) is 11.8 Å². The highest BCUT2D eigenvalue weighted by molar-refractivity contribution is 5.90. The van der Waals surface area contributed by atoms with Crippen molar-refractivity contribution in [1.82, 2.24) is 20.5 Å². The highest BCUT2D eigenvalue weighted by atomic mass is 16.5. The number of nitrogens with two attached hydrogens (primary N) is 1. The number of H-pyrrole nitrogens is 1. The fourth-order valence-corrected chi connectivity index (χ4v) is 1.67. The first-order valence-electron chi connectivity index (χ1n) is 5.29. The van der Waals surface area contributed by atoms with Crippen LogP contribution in [0, 0.1) is 5.92 Å². The van der Waals surface area contributed by atoms with Gasteiger partial charge in [-0.3, -0.25) is 9.89 Å². The number of amides is 1. The number of rotatable bonds is 3. The van der Waals surface area contributed by atoms with Crippen molar-refractivity contribution in [1.29, 1.82) is 0 Å². The zero-order chi connectivity index (χ0) is 11.4. The van der Waals surface area contributed by atoms with Crippen molar-refractivity contribution in [2.45, 2.75) is 12.8 Å². The van der Waals surface area contributed by atoms with E-state index in [1.165, 1.54) is 0 Å². The fraction of sp³-hybridized carbons (Fsp3) is 0.667. The molecule has 1 aliphatic rings. The molecule has 7 heteroatoms. The number of carbonyl (C=O) groups excluding carboxylic acids is 1. The predicted octanol–water partition coefficient (Wildman–Crippen LogP) is -0.457. The van der Waals surface area contributed by atoms with Gasteiger partial charge < -0.3 is 15.8 Å². The minimum atomic E-state index is -0.283. The Kier molecular flexibility index (Phi) is 3.35. The molecular weight excluding hydrogens is 210 g/mol. The monoisotopic (exact) mass is 225 g/mol. The van der Waals surface area contributed by atoms with E-state index in [1.807, 2.05) is 0 Å². The molecule has 1 amide bonds. The number of anilines is 1. The van der Waals surface area contributed by atoms with Crippen molar-refractivity contribution in [3.8, 4) is 0 Å². The summed E-state index contributed by atoms with van der Waals surface area (Å²) in [5, 5.41) is 8.83. The summed E-state index contributed by atoms with van der Waals surface area (Å²) < 4.78 is 5.32. The van der Waals surface area contributed by atoms with Crippen molar-refractivity contribution in [2.24, 2.45) is 5.92 Å². The van der Waals surface area contributed by atoms with Gasteiger partial charge in [0, 0.05) is 13.2 Å². The van der Waals surface area contributed by atoms with Gasteiger partial charge in [-0.2, -0.15) is 4.98 Å². The quantitative estimate of drug-likeness (QED) is 0.645. The Labute approximate surface area is 92.8 Å². The van der Waals surface area contributed by atoms with Crippen molar-refractivity contribution >= 4 is 11.9 Å². The summed E-state index contributed by atoms with van der Waals surface area (Å²) in [5.74, 6) is 0.327. The molecule has 7 nitrogen and oxygen atoms in total. The fourth-order valence-electron chi connectivity index (χ4n) is 1.67. The van der Waals surface area contributed by atoms with E-state index in [2.05, 4.69) is 20.5 Å². The summed E-state index contributed by atoms with van der Waals surface area (Å²) in [7, 11) is 0. The number of nitrogen functional groups attached to an aromatic ring is 1. The molecule has 0 aliphatic carbocycles. The Morgan fingerprint density at radius 3 is 3.19 bits per heavy atom. The lowest BCUT2D eigenvalue weighted by molar-refractivity contribution is 0.0535. The number of aromatic nitrogens is 3. The molecule has 0 bridgehead atoms. The first kappa shape index (κ1) is 10.9. The molecule has 1 atom stereocenters. The molecule has 0 radical (unpaired) electrons. The van der Waals surface area contributed by atoms with Crippen LogP contribution in [0.5, 0.6) is 0 Å². The number of ether oxygens (including phenoxy) is 1. The average Bonchev–Trinajstić information content (AvgIpc) is 2.74. The molecule has 1 aromatic rings. The van der Waals surface area contributed by atoms with Crippen LogP contribution in [-0.2, 0) is 4.74 Å².